The Bertz CT molecular complexity index is 1310. The molecular weight excluding hydrogens is 423 g/mol. The Morgan fingerprint density at radius 3 is 2.29 bits per heavy atom. The van der Waals surface area contributed by atoms with Crippen molar-refractivity contribution in [3.8, 4) is 17.2 Å². The van der Waals surface area contributed by atoms with Crippen LogP contribution in [-0.2, 0) is 0 Å². The first-order valence-electron chi connectivity index (χ1n) is 8.68. The summed E-state index contributed by atoms with van der Waals surface area (Å²) >= 11 is 0. The molecule has 1 heterocycles. The van der Waals surface area contributed by atoms with Gasteiger partial charge in [-0.2, -0.15) is 0 Å². The van der Waals surface area contributed by atoms with E-state index in [0.717, 1.165) is 0 Å². The van der Waals surface area contributed by atoms with Crippen LogP contribution in [0.2, 0.25) is 0 Å². The molecule has 0 unspecified atom stereocenters. The molecule has 0 fully saturated rings. The number of benzene rings is 3. The zero-order valence-corrected chi connectivity index (χ0v) is 15.6. The molecule has 31 heavy (non-hydrogen) atoms. The van der Waals surface area contributed by atoms with Gasteiger partial charge in [0.25, 0.3) is 5.91 Å². The monoisotopic (exact) mass is 434 g/mol. The maximum Gasteiger partial charge on any atom is 0.261 e. The van der Waals surface area contributed by atoms with Crippen LogP contribution in [0.25, 0.3) is 22.6 Å². The third-order valence-corrected chi connectivity index (χ3v) is 4.40. The molecule has 1 amide bonds. The second kappa shape index (κ2) is 7.71. The molecule has 0 spiro atoms. The van der Waals surface area contributed by atoms with Crippen molar-refractivity contribution in [3.63, 3.8) is 0 Å². The molecule has 0 bridgehead atoms. The number of aromatic nitrogens is 1. The summed E-state index contributed by atoms with van der Waals surface area (Å²) in [6.07, 6.45) is 0. The first-order chi connectivity index (χ1) is 14.8. The topological polar surface area (TPSA) is 64.4 Å². The third kappa shape index (κ3) is 3.56. The minimum absolute atomic E-state index is 0.00642. The van der Waals surface area contributed by atoms with Crippen LogP contribution < -0.4 is 10.1 Å². The van der Waals surface area contributed by atoms with E-state index in [0.29, 0.717) is 16.9 Å². The van der Waals surface area contributed by atoms with Gasteiger partial charge in [-0.3, -0.25) is 4.79 Å². The molecule has 158 valence electrons. The average Bonchev–Trinajstić information content (AvgIpc) is 3.20. The van der Waals surface area contributed by atoms with E-state index in [9.17, 15) is 26.7 Å². The predicted octanol–water partition coefficient (Wildman–Crippen LogP) is 5.45. The van der Waals surface area contributed by atoms with Gasteiger partial charge in [0.15, 0.2) is 28.9 Å². The molecule has 0 aliphatic heterocycles. The molecule has 10 heteroatoms. The number of halogens is 5. The molecule has 0 atom stereocenters. The highest BCUT2D eigenvalue weighted by Crippen LogP contribution is 2.29. The van der Waals surface area contributed by atoms with Gasteiger partial charge in [-0.15, -0.1) is 0 Å². The number of fused-ring (bicyclic) bond motifs is 1. The molecule has 4 rings (SSSR count). The molecule has 4 aromatic rings. The van der Waals surface area contributed by atoms with Crippen molar-refractivity contribution in [1.29, 1.82) is 0 Å². The molecule has 0 saturated heterocycles. The highest BCUT2D eigenvalue weighted by molar-refractivity contribution is 6.05. The summed E-state index contributed by atoms with van der Waals surface area (Å²) in [4.78, 5) is 16.5. The molecule has 0 radical (unpaired) electrons. The van der Waals surface area contributed by atoms with Crippen molar-refractivity contribution in [1.82, 2.24) is 4.98 Å². The Morgan fingerprint density at radius 1 is 0.935 bits per heavy atom. The van der Waals surface area contributed by atoms with Gasteiger partial charge in [0.05, 0.1) is 7.11 Å². The standard InChI is InChI=1S/C21H11F5N2O3/c1-30-11-4-2-3-9(7-11)21-28-12-8-10(5-6-13(12)31-21)27-20(29)14-15(22)17(24)19(26)18(25)16(14)23/h2-8H,1H3,(H,27,29). The number of ether oxygens (including phenoxy) is 1. The molecule has 3 aromatic carbocycles. The van der Waals surface area contributed by atoms with Crippen LogP contribution in [0.3, 0.4) is 0 Å². The van der Waals surface area contributed by atoms with Crippen LogP contribution in [0.15, 0.2) is 46.9 Å². The Hall–Kier alpha value is -3.95. The molecular formula is C21H11F5N2O3. The average molecular weight is 434 g/mol. The van der Waals surface area contributed by atoms with Gasteiger partial charge >= 0.3 is 0 Å². The van der Waals surface area contributed by atoms with Gasteiger partial charge in [0.2, 0.25) is 11.7 Å². The van der Waals surface area contributed by atoms with Crippen molar-refractivity contribution < 1.29 is 35.9 Å². The van der Waals surface area contributed by atoms with Crippen LogP contribution in [0.4, 0.5) is 27.6 Å². The summed E-state index contributed by atoms with van der Waals surface area (Å²) in [5.41, 5.74) is -0.344. The minimum Gasteiger partial charge on any atom is -0.497 e. The lowest BCUT2D eigenvalue weighted by Gasteiger charge is -2.09. The maximum atomic E-state index is 13.8. The minimum atomic E-state index is -2.35. The molecule has 1 aromatic heterocycles. The fourth-order valence-electron chi connectivity index (χ4n) is 2.88. The normalized spacial score (nSPS) is 11.0. The van der Waals surface area contributed by atoms with Crippen LogP contribution >= 0.6 is 0 Å². The van der Waals surface area contributed by atoms with Crippen molar-refractivity contribution >= 4 is 22.7 Å². The van der Waals surface area contributed by atoms with Gasteiger partial charge < -0.3 is 14.5 Å². The summed E-state index contributed by atoms with van der Waals surface area (Å²) in [7, 11) is 1.50. The zero-order chi connectivity index (χ0) is 22.3. The smallest absolute Gasteiger partial charge is 0.261 e. The molecule has 1 N–H and O–H groups in total. The Labute approximate surface area is 171 Å². The highest BCUT2D eigenvalue weighted by atomic mass is 19.2. The van der Waals surface area contributed by atoms with Crippen LogP contribution in [0.1, 0.15) is 10.4 Å². The Balaban J connectivity index is 1.66. The van der Waals surface area contributed by atoms with E-state index in [4.69, 9.17) is 9.15 Å². The fourth-order valence-corrected chi connectivity index (χ4v) is 2.88. The van der Waals surface area contributed by atoms with E-state index in [2.05, 4.69) is 10.3 Å². The lowest BCUT2D eigenvalue weighted by molar-refractivity contribution is 0.101. The van der Waals surface area contributed by atoms with Crippen molar-refractivity contribution in [3.05, 3.63) is 77.1 Å². The van der Waals surface area contributed by atoms with Crippen molar-refractivity contribution in [2.75, 3.05) is 12.4 Å². The van der Waals surface area contributed by atoms with E-state index in [1.807, 2.05) is 0 Å². The van der Waals surface area contributed by atoms with Gasteiger partial charge in [0.1, 0.15) is 16.8 Å². The number of rotatable bonds is 4. The maximum absolute atomic E-state index is 13.8. The summed E-state index contributed by atoms with van der Waals surface area (Å²) < 4.78 is 78.3. The quantitative estimate of drug-likeness (QED) is 0.264. The number of nitrogens with one attached hydrogen (secondary N) is 1. The molecule has 0 aliphatic rings. The number of hydrogen-bond donors (Lipinski definition) is 1. The van der Waals surface area contributed by atoms with Gasteiger partial charge in [-0.25, -0.2) is 26.9 Å². The van der Waals surface area contributed by atoms with Gasteiger partial charge in [-0.1, -0.05) is 6.07 Å². The number of amides is 1. The van der Waals surface area contributed by atoms with E-state index in [1.54, 1.807) is 24.3 Å². The number of oxazole rings is 1. The summed E-state index contributed by atoms with van der Waals surface area (Å²) in [6.45, 7) is 0. The van der Waals surface area contributed by atoms with E-state index < -0.39 is 40.6 Å². The first kappa shape index (κ1) is 20.3. The number of carbonyl (C=O) groups excluding carboxylic acids is 1. The predicted molar refractivity (Wildman–Crippen MR) is 100 cm³/mol. The Kier molecular flexibility index (Phi) is 5.05. The number of nitrogens with zero attached hydrogens (tertiary/aromatic N) is 1. The number of carbonyl (C=O) groups is 1. The van der Waals surface area contributed by atoms with Crippen LogP contribution in [-0.4, -0.2) is 18.0 Å². The second-order valence-electron chi connectivity index (χ2n) is 6.33. The third-order valence-electron chi connectivity index (χ3n) is 4.40. The SMILES string of the molecule is COc1cccc(-c2nc3cc(NC(=O)c4c(F)c(F)c(F)c(F)c4F)ccc3o2)c1. The van der Waals surface area contributed by atoms with E-state index >= 15 is 0 Å². The molecule has 0 saturated carbocycles. The van der Waals surface area contributed by atoms with Crippen LogP contribution in [0.5, 0.6) is 5.75 Å². The molecule has 5 nitrogen and oxygen atoms in total. The number of methoxy groups -OCH3 is 1. The van der Waals surface area contributed by atoms with Crippen molar-refractivity contribution in [2.45, 2.75) is 0 Å². The summed E-state index contributed by atoms with van der Waals surface area (Å²) in [5, 5.41) is 2.10. The summed E-state index contributed by atoms with van der Waals surface area (Å²) in [5.74, 6) is -11.9. The van der Waals surface area contributed by atoms with E-state index in [1.165, 1.54) is 25.3 Å². The highest BCUT2D eigenvalue weighted by Gasteiger charge is 2.29. The summed E-state index contributed by atoms with van der Waals surface area (Å²) in [6, 6.07) is 11.0. The number of anilines is 1. The molecule has 0 aliphatic carbocycles. The van der Waals surface area contributed by atoms with Gasteiger partial charge in [0, 0.05) is 11.3 Å². The lowest BCUT2D eigenvalue weighted by atomic mass is 10.1. The number of hydrogen-bond acceptors (Lipinski definition) is 4. The van der Waals surface area contributed by atoms with Gasteiger partial charge in [-0.05, 0) is 36.4 Å². The largest absolute Gasteiger partial charge is 0.497 e. The second-order valence-corrected chi connectivity index (χ2v) is 6.33. The van der Waals surface area contributed by atoms with Crippen LogP contribution in [0, 0.1) is 29.1 Å². The first-order valence-corrected chi connectivity index (χ1v) is 8.68. The zero-order valence-electron chi connectivity index (χ0n) is 15.6. The van der Waals surface area contributed by atoms with Crippen molar-refractivity contribution in [2.24, 2.45) is 0 Å². The van der Waals surface area contributed by atoms with E-state index in [-0.39, 0.29) is 17.1 Å². The fraction of sp³-hybridized carbons (Fsp3) is 0.0476. The Morgan fingerprint density at radius 2 is 1.61 bits per heavy atom. The lowest BCUT2D eigenvalue weighted by Crippen LogP contribution is -2.19.